The highest BCUT2D eigenvalue weighted by Crippen LogP contribution is 2.46. The third-order valence-electron chi connectivity index (χ3n) is 2.13. The van der Waals surface area contributed by atoms with Gasteiger partial charge in [0.05, 0.1) is 11.0 Å². The Morgan fingerprint density at radius 2 is 2.50 bits per heavy atom. The van der Waals surface area contributed by atoms with Crippen LogP contribution in [0.1, 0.15) is 17.7 Å². The second kappa shape index (κ2) is 2.04. The molecule has 1 fully saturated rings. The number of hydrogen-bond acceptors (Lipinski definition) is 3. The summed E-state index contributed by atoms with van der Waals surface area (Å²) in [5, 5.41) is 3.33. The Morgan fingerprint density at radius 3 is 2.90 bits per heavy atom. The Bertz CT molecular complexity index is 214. The highest BCUT2D eigenvalue weighted by molar-refractivity contribution is 7.09. The summed E-state index contributed by atoms with van der Waals surface area (Å²) in [4.78, 5) is 5.44. The topological polar surface area (TPSA) is 24.9 Å². The normalized spacial score (nSPS) is 20.9. The van der Waals surface area contributed by atoms with Crippen LogP contribution in [0.25, 0.3) is 0 Å². The van der Waals surface area contributed by atoms with Gasteiger partial charge in [0.15, 0.2) is 0 Å². The van der Waals surface area contributed by atoms with Crippen LogP contribution in [0.2, 0.25) is 0 Å². The van der Waals surface area contributed by atoms with Crippen molar-refractivity contribution in [1.29, 1.82) is 0 Å². The van der Waals surface area contributed by atoms with Gasteiger partial charge in [0.1, 0.15) is 0 Å². The van der Waals surface area contributed by atoms with Crippen molar-refractivity contribution >= 4 is 11.3 Å². The molecule has 2 rings (SSSR count). The predicted molar refractivity (Wildman–Crippen MR) is 42.1 cm³/mol. The molecule has 1 aromatic rings. The van der Waals surface area contributed by atoms with Crippen LogP contribution in [-0.2, 0) is 5.54 Å². The molecule has 0 bridgehead atoms. The molecule has 0 spiro atoms. The quantitative estimate of drug-likeness (QED) is 0.695. The Morgan fingerprint density at radius 1 is 1.70 bits per heavy atom. The molecule has 10 heavy (non-hydrogen) atoms. The Balaban J connectivity index is 2.27. The number of hydrogen-bond donors (Lipinski definition) is 1. The zero-order valence-corrected chi connectivity index (χ0v) is 6.74. The van der Waals surface area contributed by atoms with Crippen molar-refractivity contribution in [1.82, 2.24) is 10.3 Å². The SMILES string of the molecule is CNC1(c2cncs2)CC1. The molecule has 0 aromatic carbocycles. The Hall–Kier alpha value is -0.410. The van der Waals surface area contributed by atoms with E-state index in [0.29, 0.717) is 5.54 Å². The smallest absolute Gasteiger partial charge is 0.0794 e. The number of thiazole rings is 1. The van der Waals surface area contributed by atoms with Gasteiger partial charge in [-0.05, 0) is 19.9 Å². The molecule has 0 atom stereocenters. The maximum atomic E-state index is 4.05. The molecule has 0 saturated heterocycles. The second-order valence-electron chi connectivity index (χ2n) is 2.70. The highest BCUT2D eigenvalue weighted by atomic mass is 32.1. The van der Waals surface area contributed by atoms with E-state index in [2.05, 4.69) is 10.3 Å². The number of aromatic nitrogens is 1. The van der Waals surface area contributed by atoms with Crippen molar-refractivity contribution < 1.29 is 0 Å². The summed E-state index contributed by atoms with van der Waals surface area (Å²) in [5.41, 5.74) is 2.22. The van der Waals surface area contributed by atoms with Crippen LogP contribution in [0.15, 0.2) is 11.7 Å². The van der Waals surface area contributed by atoms with Crippen LogP contribution < -0.4 is 5.32 Å². The largest absolute Gasteiger partial charge is 0.310 e. The zero-order valence-electron chi connectivity index (χ0n) is 5.92. The summed E-state index contributed by atoms with van der Waals surface area (Å²) in [6.07, 6.45) is 4.51. The minimum absolute atomic E-state index is 0.321. The highest BCUT2D eigenvalue weighted by Gasteiger charge is 2.43. The minimum Gasteiger partial charge on any atom is -0.310 e. The summed E-state index contributed by atoms with van der Waals surface area (Å²) >= 11 is 1.74. The summed E-state index contributed by atoms with van der Waals surface area (Å²) in [5.74, 6) is 0. The lowest BCUT2D eigenvalue weighted by molar-refractivity contribution is 0.596. The van der Waals surface area contributed by atoms with E-state index in [1.54, 1.807) is 11.3 Å². The van der Waals surface area contributed by atoms with E-state index in [-0.39, 0.29) is 0 Å². The van der Waals surface area contributed by atoms with Gasteiger partial charge in [-0.25, -0.2) is 0 Å². The Labute approximate surface area is 64.3 Å². The molecule has 2 nitrogen and oxygen atoms in total. The van der Waals surface area contributed by atoms with E-state index in [1.165, 1.54) is 17.7 Å². The summed E-state index contributed by atoms with van der Waals surface area (Å²) < 4.78 is 0. The van der Waals surface area contributed by atoms with Crippen molar-refractivity contribution in [3.05, 3.63) is 16.6 Å². The third kappa shape index (κ3) is 0.777. The third-order valence-corrected chi connectivity index (χ3v) is 3.11. The monoisotopic (exact) mass is 154 g/mol. The molecule has 0 radical (unpaired) electrons. The van der Waals surface area contributed by atoms with E-state index in [4.69, 9.17) is 0 Å². The van der Waals surface area contributed by atoms with Gasteiger partial charge in [-0.15, -0.1) is 11.3 Å². The lowest BCUT2D eigenvalue weighted by Gasteiger charge is -2.09. The predicted octanol–water partition coefficient (Wildman–Crippen LogP) is 1.35. The van der Waals surface area contributed by atoms with Crippen LogP contribution in [0.3, 0.4) is 0 Å². The van der Waals surface area contributed by atoms with Crippen molar-refractivity contribution in [2.24, 2.45) is 0 Å². The van der Waals surface area contributed by atoms with Crippen LogP contribution in [0, 0.1) is 0 Å². The fourth-order valence-corrected chi connectivity index (χ4v) is 2.09. The molecule has 0 unspecified atom stereocenters. The number of nitrogens with one attached hydrogen (secondary N) is 1. The summed E-state index contributed by atoms with van der Waals surface area (Å²) in [7, 11) is 2.02. The second-order valence-corrected chi connectivity index (χ2v) is 3.58. The molecule has 3 heteroatoms. The van der Waals surface area contributed by atoms with Gasteiger partial charge >= 0.3 is 0 Å². The lowest BCUT2D eigenvalue weighted by Crippen LogP contribution is -2.22. The maximum Gasteiger partial charge on any atom is 0.0794 e. The maximum absolute atomic E-state index is 4.05. The first-order chi connectivity index (χ1) is 4.87. The van der Waals surface area contributed by atoms with Gasteiger partial charge in [-0.2, -0.15) is 0 Å². The van der Waals surface area contributed by atoms with Gasteiger partial charge in [0.25, 0.3) is 0 Å². The standard InChI is InChI=1S/C7H10N2S/c1-8-7(2-3-7)6-4-9-5-10-6/h4-5,8H,2-3H2,1H3. The van der Waals surface area contributed by atoms with Crippen molar-refractivity contribution in [2.45, 2.75) is 18.4 Å². The van der Waals surface area contributed by atoms with Crippen molar-refractivity contribution in [3.63, 3.8) is 0 Å². The van der Waals surface area contributed by atoms with Gasteiger partial charge in [0.2, 0.25) is 0 Å². The molecular weight excluding hydrogens is 144 g/mol. The fraction of sp³-hybridized carbons (Fsp3) is 0.571. The van der Waals surface area contributed by atoms with E-state index < -0.39 is 0 Å². The molecule has 0 aliphatic heterocycles. The van der Waals surface area contributed by atoms with E-state index in [1.807, 2.05) is 18.8 Å². The molecule has 1 aliphatic rings. The summed E-state index contributed by atoms with van der Waals surface area (Å²) in [6.45, 7) is 0. The van der Waals surface area contributed by atoms with Gasteiger partial charge in [0, 0.05) is 11.1 Å². The molecule has 1 aliphatic carbocycles. The van der Waals surface area contributed by atoms with E-state index >= 15 is 0 Å². The minimum atomic E-state index is 0.321. The summed E-state index contributed by atoms with van der Waals surface area (Å²) in [6, 6.07) is 0. The Kier molecular flexibility index (Phi) is 1.28. The first-order valence-electron chi connectivity index (χ1n) is 3.45. The molecule has 1 N–H and O–H groups in total. The van der Waals surface area contributed by atoms with Crippen molar-refractivity contribution in [3.8, 4) is 0 Å². The van der Waals surface area contributed by atoms with Gasteiger partial charge in [-0.3, -0.25) is 4.98 Å². The first kappa shape index (κ1) is 6.31. The number of rotatable bonds is 2. The molecule has 1 heterocycles. The van der Waals surface area contributed by atoms with Crippen molar-refractivity contribution in [2.75, 3.05) is 7.05 Å². The van der Waals surface area contributed by atoms with Gasteiger partial charge < -0.3 is 5.32 Å². The van der Waals surface area contributed by atoms with Crippen LogP contribution in [-0.4, -0.2) is 12.0 Å². The van der Waals surface area contributed by atoms with Crippen LogP contribution >= 0.6 is 11.3 Å². The molecular formula is C7H10N2S. The molecule has 54 valence electrons. The van der Waals surface area contributed by atoms with E-state index in [9.17, 15) is 0 Å². The lowest BCUT2D eigenvalue weighted by atomic mass is 10.2. The van der Waals surface area contributed by atoms with Gasteiger partial charge in [-0.1, -0.05) is 0 Å². The van der Waals surface area contributed by atoms with Crippen LogP contribution in [0.5, 0.6) is 0 Å². The molecule has 1 saturated carbocycles. The average Bonchev–Trinajstić information content (AvgIpc) is 2.58. The zero-order chi connectivity index (χ0) is 7.03. The van der Waals surface area contributed by atoms with E-state index in [0.717, 1.165) is 0 Å². The molecule has 1 aromatic heterocycles. The first-order valence-corrected chi connectivity index (χ1v) is 4.33. The fourth-order valence-electron chi connectivity index (χ4n) is 1.20. The number of nitrogens with zero attached hydrogens (tertiary/aromatic N) is 1. The molecule has 0 amide bonds. The van der Waals surface area contributed by atoms with Crippen LogP contribution in [0.4, 0.5) is 0 Å². The average molecular weight is 154 g/mol.